The molecule has 128 valence electrons. The number of aliphatic hydroxyl groups is 2. The minimum absolute atomic E-state index is 0.0334. The Hall–Kier alpha value is -1.60. The first-order valence-electron chi connectivity index (χ1n) is 7.46. The number of hydrogen-bond acceptors (Lipinski definition) is 3. The normalized spacial score (nSPS) is 25.5. The third-order valence-electron chi connectivity index (χ3n) is 4.52. The number of carbonyl (C=O) groups is 1. The topological polar surface area (TPSA) is 60.8 Å². The zero-order chi connectivity index (χ0) is 17.4. The molecule has 2 N–H and O–H groups in total. The van der Waals surface area contributed by atoms with Crippen LogP contribution in [0.1, 0.15) is 41.3 Å². The van der Waals surface area contributed by atoms with Crippen molar-refractivity contribution in [1.82, 2.24) is 4.90 Å². The number of nitrogens with zero attached hydrogens (tertiary/aromatic N) is 1. The second-order valence-corrected chi connectivity index (χ2v) is 6.00. The minimum atomic E-state index is -4.52. The van der Waals surface area contributed by atoms with Crippen LogP contribution < -0.4 is 0 Å². The van der Waals surface area contributed by atoms with Crippen LogP contribution in [0.25, 0.3) is 0 Å². The van der Waals surface area contributed by atoms with Gasteiger partial charge >= 0.3 is 6.18 Å². The number of aliphatic hydroxyl groups excluding tert-OH is 1. The lowest BCUT2D eigenvalue weighted by Gasteiger charge is -2.41. The zero-order valence-corrected chi connectivity index (χ0v) is 13.0. The quantitative estimate of drug-likeness (QED) is 0.875. The molecule has 1 aromatic carbocycles. The van der Waals surface area contributed by atoms with Crippen LogP contribution in [-0.4, -0.2) is 45.8 Å². The van der Waals surface area contributed by atoms with Gasteiger partial charge in [0, 0.05) is 18.7 Å². The Morgan fingerprint density at radius 2 is 2.09 bits per heavy atom. The summed E-state index contributed by atoms with van der Waals surface area (Å²) >= 11 is 0. The average Bonchev–Trinajstić information content (AvgIpc) is 2.48. The van der Waals surface area contributed by atoms with Crippen LogP contribution in [0.5, 0.6) is 0 Å². The Morgan fingerprint density at radius 1 is 1.43 bits per heavy atom. The summed E-state index contributed by atoms with van der Waals surface area (Å²) in [5.41, 5.74) is -1.73. The molecule has 23 heavy (non-hydrogen) atoms. The van der Waals surface area contributed by atoms with Gasteiger partial charge in [0.25, 0.3) is 5.91 Å². The van der Waals surface area contributed by atoms with Gasteiger partial charge in [0.2, 0.25) is 0 Å². The molecule has 0 aliphatic carbocycles. The summed E-state index contributed by atoms with van der Waals surface area (Å²) in [7, 11) is 0. The van der Waals surface area contributed by atoms with Crippen LogP contribution in [0.15, 0.2) is 18.2 Å². The third-order valence-corrected chi connectivity index (χ3v) is 4.52. The van der Waals surface area contributed by atoms with Gasteiger partial charge < -0.3 is 15.1 Å². The molecule has 1 amide bonds. The van der Waals surface area contributed by atoms with Crippen LogP contribution in [0.3, 0.4) is 0 Å². The summed E-state index contributed by atoms with van der Waals surface area (Å²) in [6, 6.07) is 3.04. The lowest BCUT2D eigenvalue weighted by Crippen LogP contribution is -2.56. The van der Waals surface area contributed by atoms with Gasteiger partial charge in [-0.2, -0.15) is 13.2 Å². The Morgan fingerprint density at radius 3 is 2.61 bits per heavy atom. The molecule has 0 unspecified atom stereocenters. The van der Waals surface area contributed by atoms with E-state index in [9.17, 15) is 28.2 Å². The van der Waals surface area contributed by atoms with E-state index in [0.717, 1.165) is 12.1 Å². The second kappa shape index (κ2) is 6.13. The molecule has 1 fully saturated rings. The molecule has 0 radical (unpaired) electrons. The molecule has 2 rings (SSSR count). The van der Waals surface area contributed by atoms with Crippen molar-refractivity contribution in [2.75, 3.05) is 13.1 Å². The van der Waals surface area contributed by atoms with Gasteiger partial charge in [0.1, 0.15) is 6.10 Å². The number of rotatable bonds is 2. The van der Waals surface area contributed by atoms with E-state index < -0.39 is 29.4 Å². The van der Waals surface area contributed by atoms with Gasteiger partial charge in [-0.25, -0.2) is 0 Å². The smallest absolute Gasteiger partial charge is 0.388 e. The van der Waals surface area contributed by atoms with E-state index in [1.807, 2.05) is 0 Å². The molecule has 0 aromatic heterocycles. The van der Waals surface area contributed by atoms with Crippen molar-refractivity contribution in [3.63, 3.8) is 0 Å². The van der Waals surface area contributed by atoms with Crippen LogP contribution >= 0.6 is 0 Å². The number of amides is 1. The van der Waals surface area contributed by atoms with E-state index in [1.54, 1.807) is 13.8 Å². The Labute approximate surface area is 132 Å². The summed E-state index contributed by atoms with van der Waals surface area (Å²) in [4.78, 5) is 13.8. The zero-order valence-electron chi connectivity index (χ0n) is 13.0. The number of likely N-dealkylation sites (tertiary alicyclic amines) is 1. The fraction of sp³-hybridized carbons (Fsp3) is 0.562. The Balaban J connectivity index is 2.25. The maximum atomic E-state index is 12.8. The summed E-state index contributed by atoms with van der Waals surface area (Å²) < 4.78 is 38.5. The van der Waals surface area contributed by atoms with Gasteiger partial charge in [0.15, 0.2) is 0 Å². The lowest BCUT2D eigenvalue weighted by atomic mass is 9.86. The number of alkyl halides is 3. The molecule has 2 atom stereocenters. The third kappa shape index (κ3) is 3.50. The van der Waals surface area contributed by atoms with E-state index in [4.69, 9.17) is 0 Å². The fourth-order valence-corrected chi connectivity index (χ4v) is 2.76. The van der Waals surface area contributed by atoms with E-state index in [2.05, 4.69) is 0 Å². The number of halogens is 3. The van der Waals surface area contributed by atoms with Crippen molar-refractivity contribution in [1.29, 1.82) is 0 Å². The van der Waals surface area contributed by atoms with Crippen LogP contribution in [0.4, 0.5) is 13.2 Å². The van der Waals surface area contributed by atoms with Crippen LogP contribution in [0, 0.1) is 6.92 Å². The molecule has 7 heteroatoms. The Bertz CT molecular complexity index is 603. The van der Waals surface area contributed by atoms with E-state index >= 15 is 0 Å². The van der Waals surface area contributed by atoms with Crippen molar-refractivity contribution < 1.29 is 28.2 Å². The summed E-state index contributed by atoms with van der Waals surface area (Å²) in [5, 5.41) is 20.2. The highest BCUT2D eigenvalue weighted by Gasteiger charge is 2.41. The summed E-state index contributed by atoms with van der Waals surface area (Å²) in [5.74, 6) is -0.564. The Kier molecular flexibility index (Phi) is 4.73. The van der Waals surface area contributed by atoms with Crippen molar-refractivity contribution in [3.8, 4) is 0 Å². The number of hydrogen-bond donors (Lipinski definition) is 2. The van der Waals surface area contributed by atoms with Crippen molar-refractivity contribution in [2.24, 2.45) is 0 Å². The van der Waals surface area contributed by atoms with Crippen LogP contribution in [0.2, 0.25) is 0 Å². The number of piperidine rings is 1. The number of β-amino-alcohol motifs (C(OH)–C–C–N with tert-alkyl or cyclic N) is 1. The molecule has 1 aliphatic rings. The predicted molar refractivity (Wildman–Crippen MR) is 77.9 cm³/mol. The minimum Gasteiger partial charge on any atom is -0.388 e. The van der Waals surface area contributed by atoms with Gasteiger partial charge in [-0.1, -0.05) is 13.0 Å². The molecular weight excluding hydrogens is 311 g/mol. The number of carbonyl (C=O) groups excluding carboxylic acids is 1. The highest BCUT2D eigenvalue weighted by Crippen LogP contribution is 2.32. The maximum Gasteiger partial charge on any atom is 0.416 e. The average molecular weight is 331 g/mol. The monoisotopic (exact) mass is 331 g/mol. The van der Waals surface area contributed by atoms with E-state index in [0.29, 0.717) is 12.0 Å². The highest BCUT2D eigenvalue weighted by atomic mass is 19.4. The SMILES string of the molecule is CC[C@@]1(O)CCN(C(=O)c2cc(C(F)(F)F)ccc2C)C[C@H]1O. The molecule has 1 heterocycles. The highest BCUT2D eigenvalue weighted by molar-refractivity contribution is 5.96. The molecule has 4 nitrogen and oxygen atoms in total. The largest absolute Gasteiger partial charge is 0.416 e. The van der Waals surface area contributed by atoms with Gasteiger partial charge in [0.05, 0.1) is 11.2 Å². The maximum absolute atomic E-state index is 12.8. The van der Waals surface area contributed by atoms with Gasteiger partial charge in [-0.3, -0.25) is 4.79 Å². The van der Waals surface area contributed by atoms with Crippen molar-refractivity contribution in [2.45, 2.75) is 44.6 Å². The summed E-state index contributed by atoms with van der Waals surface area (Å²) in [6.07, 6.45) is -5.10. The predicted octanol–water partition coefficient (Wildman–Crippen LogP) is 2.36. The van der Waals surface area contributed by atoms with E-state index in [1.165, 1.54) is 11.0 Å². The summed E-state index contributed by atoms with van der Waals surface area (Å²) in [6.45, 7) is 3.39. The molecule has 0 bridgehead atoms. The van der Waals surface area contributed by atoms with Gasteiger partial charge in [-0.05, 0) is 37.5 Å². The van der Waals surface area contributed by atoms with Crippen molar-refractivity contribution in [3.05, 3.63) is 34.9 Å². The first kappa shape index (κ1) is 17.7. The number of benzene rings is 1. The molecule has 1 saturated heterocycles. The van der Waals surface area contributed by atoms with E-state index in [-0.39, 0.29) is 25.1 Å². The first-order chi connectivity index (χ1) is 10.6. The second-order valence-electron chi connectivity index (χ2n) is 6.00. The first-order valence-corrected chi connectivity index (χ1v) is 7.46. The molecule has 1 aromatic rings. The molecule has 0 spiro atoms. The lowest BCUT2D eigenvalue weighted by molar-refractivity contribution is -0.137. The molecule has 0 saturated carbocycles. The fourth-order valence-electron chi connectivity index (χ4n) is 2.76. The molecule has 1 aliphatic heterocycles. The van der Waals surface area contributed by atoms with Crippen LogP contribution in [-0.2, 0) is 6.18 Å². The standard InChI is InChI=1S/C16H20F3NO3/c1-3-15(23)6-7-20(9-13(15)21)14(22)12-8-11(16(17,18)19)5-4-10(12)2/h4-5,8,13,21,23H,3,6-7,9H2,1-2H3/t13-,15-/m1/s1. The molecular formula is C16H20F3NO3. The number of aryl methyl sites for hydroxylation is 1. The van der Waals surface area contributed by atoms with Gasteiger partial charge in [-0.15, -0.1) is 0 Å². The van der Waals surface area contributed by atoms with Crippen molar-refractivity contribution >= 4 is 5.91 Å².